The second-order valence-electron chi connectivity index (χ2n) is 13.0. The Kier molecular flexibility index (Phi) is 34.6. The average Bonchev–Trinajstić information content (AvgIpc) is 3.05. The first-order valence-corrected chi connectivity index (χ1v) is 19.5. The molecule has 270 valence electrons. The lowest BCUT2D eigenvalue weighted by Crippen LogP contribution is -2.23. The van der Waals surface area contributed by atoms with Gasteiger partial charge in [0, 0.05) is 19.4 Å². The van der Waals surface area contributed by atoms with Gasteiger partial charge in [-0.05, 0) is 71.4 Å². The highest BCUT2D eigenvalue weighted by Crippen LogP contribution is 2.16. The number of ether oxygens (including phenoxy) is 3. The van der Waals surface area contributed by atoms with Crippen LogP contribution in [-0.2, 0) is 19.0 Å². The lowest BCUT2D eigenvalue weighted by molar-refractivity contribution is -0.144. The molecule has 0 spiro atoms. The first-order chi connectivity index (χ1) is 22.5. The van der Waals surface area contributed by atoms with E-state index < -0.39 is 6.16 Å². The summed E-state index contributed by atoms with van der Waals surface area (Å²) in [6.07, 6.45) is 36.3. The quantitative estimate of drug-likeness (QED) is 0.0392. The summed E-state index contributed by atoms with van der Waals surface area (Å²) in [5.41, 5.74) is 0. The standard InChI is InChI=1S/C40H75NO5/c1-5-8-10-12-14-16-18-19-20-21-22-24-26-28-30-33-39(42)44-37-34-38(46-40(43)45-36-31-35-41(4)7-3)32-29-27-25-23-17-15-13-11-9-6-2/h14,16,19-20,38H,5-13,15,17-18,21-37H2,1-4H3. The number of carbonyl (C=O) groups is 2. The van der Waals surface area contributed by atoms with Gasteiger partial charge < -0.3 is 19.1 Å². The zero-order valence-electron chi connectivity index (χ0n) is 30.9. The third-order valence-corrected chi connectivity index (χ3v) is 8.62. The van der Waals surface area contributed by atoms with E-state index in [9.17, 15) is 9.59 Å². The molecule has 1 unspecified atom stereocenters. The van der Waals surface area contributed by atoms with E-state index in [0.29, 0.717) is 19.4 Å². The Morgan fingerprint density at radius 3 is 1.76 bits per heavy atom. The van der Waals surface area contributed by atoms with Crippen LogP contribution in [0.1, 0.15) is 181 Å². The maximum Gasteiger partial charge on any atom is 0.508 e. The predicted octanol–water partition coefficient (Wildman–Crippen LogP) is 11.9. The van der Waals surface area contributed by atoms with E-state index in [2.05, 4.69) is 57.0 Å². The van der Waals surface area contributed by atoms with Gasteiger partial charge in [-0.15, -0.1) is 0 Å². The Morgan fingerprint density at radius 2 is 1.13 bits per heavy atom. The third kappa shape index (κ3) is 33.5. The van der Waals surface area contributed by atoms with Crippen molar-refractivity contribution in [2.24, 2.45) is 0 Å². The minimum Gasteiger partial charge on any atom is -0.466 e. The molecule has 0 amide bonds. The molecular formula is C40H75NO5. The smallest absolute Gasteiger partial charge is 0.466 e. The van der Waals surface area contributed by atoms with Gasteiger partial charge in [0.05, 0.1) is 13.2 Å². The molecular weight excluding hydrogens is 574 g/mol. The van der Waals surface area contributed by atoms with Crippen molar-refractivity contribution in [3.63, 3.8) is 0 Å². The monoisotopic (exact) mass is 650 g/mol. The minimum absolute atomic E-state index is 0.147. The van der Waals surface area contributed by atoms with E-state index in [1.165, 1.54) is 89.9 Å². The molecule has 1 atom stereocenters. The molecule has 0 N–H and O–H groups in total. The number of rotatable bonds is 34. The second kappa shape index (κ2) is 36.0. The first-order valence-electron chi connectivity index (χ1n) is 19.5. The molecule has 0 aromatic heterocycles. The number of unbranched alkanes of at least 4 members (excludes halogenated alkanes) is 17. The average molecular weight is 650 g/mol. The lowest BCUT2D eigenvalue weighted by Gasteiger charge is -2.18. The van der Waals surface area contributed by atoms with Crippen LogP contribution in [-0.4, -0.2) is 56.5 Å². The summed E-state index contributed by atoms with van der Waals surface area (Å²) in [6.45, 7) is 9.11. The summed E-state index contributed by atoms with van der Waals surface area (Å²) >= 11 is 0. The molecule has 0 aliphatic rings. The second-order valence-corrected chi connectivity index (χ2v) is 13.0. The van der Waals surface area contributed by atoms with E-state index in [4.69, 9.17) is 14.2 Å². The fourth-order valence-electron chi connectivity index (χ4n) is 5.40. The van der Waals surface area contributed by atoms with E-state index in [0.717, 1.165) is 70.9 Å². The van der Waals surface area contributed by atoms with Crippen LogP contribution in [0.2, 0.25) is 0 Å². The SMILES string of the molecule is CCCCCC=CCC=CCCCCCCCC(=O)OCCC(CCCCCCCCCCCC)OC(=O)OCCCN(C)CC. The van der Waals surface area contributed by atoms with Crippen molar-refractivity contribution in [3.8, 4) is 0 Å². The summed E-state index contributed by atoms with van der Waals surface area (Å²) in [7, 11) is 2.05. The molecule has 6 heteroatoms. The summed E-state index contributed by atoms with van der Waals surface area (Å²) in [5, 5.41) is 0. The van der Waals surface area contributed by atoms with Crippen LogP contribution < -0.4 is 0 Å². The van der Waals surface area contributed by atoms with Crippen LogP contribution in [0.25, 0.3) is 0 Å². The maximum absolute atomic E-state index is 12.3. The summed E-state index contributed by atoms with van der Waals surface area (Å²) in [4.78, 5) is 26.8. The van der Waals surface area contributed by atoms with Gasteiger partial charge in [0.2, 0.25) is 0 Å². The molecule has 0 aliphatic carbocycles. The van der Waals surface area contributed by atoms with Crippen molar-refractivity contribution in [2.75, 3.05) is 33.4 Å². The Balaban J connectivity index is 4.12. The van der Waals surface area contributed by atoms with Gasteiger partial charge in [-0.1, -0.05) is 135 Å². The van der Waals surface area contributed by atoms with Gasteiger partial charge in [0.25, 0.3) is 0 Å². The minimum atomic E-state index is -0.604. The molecule has 0 heterocycles. The molecule has 0 rings (SSSR count). The topological polar surface area (TPSA) is 65.1 Å². The van der Waals surface area contributed by atoms with Crippen molar-refractivity contribution in [1.29, 1.82) is 0 Å². The number of esters is 1. The molecule has 6 nitrogen and oxygen atoms in total. The highest BCUT2D eigenvalue weighted by Gasteiger charge is 2.17. The van der Waals surface area contributed by atoms with E-state index in [1.54, 1.807) is 0 Å². The first kappa shape index (κ1) is 44.2. The van der Waals surface area contributed by atoms with Crippen LogP contribution in [0.3, 0.4) is 0 Å². The zero-order valence-corrected chi connectivity index (χ0v) is 30.9. The van der Waals surface area contributed by atoms with Crippen molar-refractivity contribution >= 4 is 12.1 Å². The lowest BCUT2D eigenvalue weighted by atomic mass is 10.0. The number of carbonyl (C=O) groups excluding carboxylic acids is 2. The van der Waals surface area contributed by atoms with Gasteiger partial charge in [0.1, 0.15) is 6.10 Å². The van der Waals surface area contributed by atoms with E-state index >= 15 is 0 Å². The maximum atomic E-state index is 12.3. The number of nitrogens with zero attached hydrogens (tertiary/aromatic N) is 1. The van der Waals surface area contributed by atoms with E-state index in [1.807, 2.05) is 0 Å². The summed E-state index contributed by atoms with van der Waals surface area (Å²) in [6, 6.07) is 0. The van der Waals surface area contributed by atoms with Crippen molar-refractivity contribution < 1.29 is 23.8 Å². The van der Waals surface area contributed by atoms with Crippen molar-refractivity contribution in [2.45, 2.75) is 187 Å². The van der Waals surface area contributed by atoms with Crippen LogP contribution >= 0.6 is 0 Å². The van der Waals surface area contributed by atoms with Crippen LogP contribution in [0.5, 0.6) is 0 Å². The van der Waals surface area contributed by atoms with Gasteiger partial charge >= 0.3 is 12.1 Å². The molecule has 0 fully saturated rings. The normalized spacial score (nSPS) is 12.4. The molecule has 0 aromatic carbocycles. The largest absolute Gasteiger partial charge is 0.508 e. The number of hydrogen-bond donors (Lipinski definition) is 0. The van der Waals surface area contributed by atoms with Crippen LogP contribution in [0.15, 0.2) is 24.3 Å². The molecule has 0 aliphatic heterocycles. The molecule has 0 aromatic rings. The highest BCUT2D eigenvalue weighted by molar-refractivity contribution is 5.69. The Labute approximate surface area is 285 Å². The Bertz CT molecular complexity index is 722. The Hall–Kier alpha value is -1.82. The fourth-order valence-corrected chi connectivity index (χ4v) is 5.40. The van der Waals surface area contributed by atoms with Gasteiger partial charge in [-0.3, -0.25) is 4.79 Å². The summed E-state index contributed by atoms with van der Waals surface area (Å²) < 4.78 is 16.5. The molecule has 0 radical (unpaired) electrons. The van der Waals surface area contributed by atoms with Gasteiger partial charge in [-0.25, -0.2) is 4.79 Å². The van der Waals surface area contributed by atoms with Crippen LogP contribution in [0.4, 0.5) is 4.79 Å². The highest BCUT2D eigenvalue weighted by atomic mass is 16.7. The molecule has 0 bridgehead atoms. The summed E-state index contributed by atoms with van der Waals surface area (Å²) in [5.74, 6) is -0.147. The zero-order chi connectivity index (χ0) is 33.8. The van der Waals surface area contributed by atoms with E-state index in [-0.39, 0.29) is 18.7 Å². The van der Waals surface area contributed by atoms with Crippen molar-refractivity contribution in [1.82, 2.24) is 4.90 Å². The molecule has 0 saturated carbocycles. The van der Waals surface area contributed by atoms with Gasteiger partial charge in [0.15, 0.2) is 0 Å². The Morgan fingerprint density at radius 1 is 0.587 bits per heavy atom. The fraction of sp³-hybridized carbons (Fsp3) is 0.850. The molecule has 0 saturated heterocycles. The number of hydrogen-bond acceptors (Lipinski definition) is 6. The third-order valence-electron chi connectivity index (χ3n) is 8.62. The molecule has 46 heavy (non-hydrogen) atoms. The predicted molar refractivity (Wildman–Crippen MR) is 195 cm³/mol. The van der Waals surface area contributed by atoms with Crippen LogP contribution in [0, 0.1) is 0 Å². The van der Waals surface area contributed by atoms with Crippen molar-refractivity contribution in [3.05, 3.63) is 24.3 Å². The van der Waals surface area contributed by atoms with Gasteiger partial charge in [-0.2, -0.15) is 0 Å². The number of allylic oxidation sites excluding steroid dienone is 4.